The van der Waals surface area contributed by atoms with Crippen LogP contribution in [0.4, 0.5) is 0 Å². The van der Waals surface area contributed by atoms with Gasteiger partial charge in [-0.05, 0) is 33.2 Å². The number of ether oxygens (including phenoxy) is 1. The van der Waals surface area contributed by atoms with E-state index >= 15 is 0 Å². The van der Waals surface area contributed by atoms with Crippen LogP contribution in [0.3, 0.4) is 0 Å². The predicted molar refractivity (Wildman–Crippen MR) is 67.0 cm³/mol. The van der Waals surface area contributed by atoms with Crippen molar-refractivity contribution >= 4 is 18.3 Å². The second-order valence-corrected chi connectivity index (χ2v) is 4.19. The lowest BCUT2D eigenvalue weighted by molar-refractivity contribution is -0.121. The molecule has 1 saturated heterocycles. The highest BCUT2D eigenvalue weighted by molar-refractivity contribution is 5.85. The number of amides is 1. The molecule has 0 aromatic carbocycles. The third-order valence-electron chi connectivity index (χ3n) is 2.65. The maximum Gasteiger partial charge on any atom is 0.221 e. The van der Waals surface area contributed by atoms with Crippen LogP contribution in [0.15, 0.2) is 0 Å². The minimum atomic E-state index is 0. The fourth-order valence-electron chi connectivity index (χ4n) is 1.87. The first-order chi connectivity index (χ1) is 7.22. The molecule has 16 heavy (non-hydrogen) atoms. The topological polar surface area (TPSA) is 50.4 Å². The zero-order valence-electron chi connectivity index (χ0n) is 10.1. The molecule has 0 aromatic heterocycles. The van der Waals surface area contributed by atoms with Crippen molar-refractivity contribution in [3.05, 3.63) is 0 Å². The number of carbonyl (C=O) groups excluding carboxylic acids is 1. The van der Waals surface area contributed by atoms with Crippen LogP contribution < -0.4 is 10.6 Å². The van der Waals surface area contributed by atoms with Gasteiger partial charge in [0.05, 0.1) is 6.10 Å². The largest absolute Gasteiger partial charge is 0.378 e. The Morgan fingerprint density at radius 2 is 2.31 bits per heavy atom. The third-order valence-corrected chi connectivity index (χ3v) is 2.65. The average molecular weight is 251 g/mol. The Balaban J connectivity index is 0.00000225. The lowest BCUT2D eigenvalue weighted by Crippen LogP contribution is -2.36. The molecule has 96 valence electrons. The van der Waals surface area contributed by atoms with Crippen LogP contribution in [0.1, 0.15) is 32.6 Å². The molecule has 2 unspecified atom stereocenters. The summed E-state index contributed by atoms with van der Waals surface area (Å²) in [6.45, 7) is 3.66. The number of carbonyl (C=O) groups is 1. The molecule has 1 rings (SSSR count). The Morgan fingerprint density at radius 3 is 2.88 bits per heavy atom. The van der Waals surface area contributed by atoms with Gasteiger partial charge in [-0.25, -0.2) is 0 Å². The fourth-order valence-corrected chi connectivity index (χ4v) is 1.87. The van der Waals surface area contributed by atoms with Crippen molar-refractivity contribution in [2.45, 2.75) is 44.8 Å². The molecule has 1 fully saturated rings. The molecule has 1 heterocycles. The third kappa shape index (κ3) is 6.30. The Morgan fingerprint density at radius 1 is 1.56 bits per heavy atom. The van der Waals surface area contributed by atoms with Gasteiger partial charge in [0.1, 0.15) is 0 Å². The van der Waals surface area contributed by atoms with Gasteiger partial charge in [-0.3, -0.25) is 4.79 Å². The molecule has 0 saturated carbocycles. The van der Waals surface area contributed by atoms with Gasteiger partial charge in [0.2, 0.25) is 5.91 Å². The van der Waals surface area contributed by atoms with E-state index in [-0.39, 0.29) is 24.4 Å². The minimum absolute atomic E-state index is 0. The highest BCUT2D eigenvalue weighted by Gasteiger charge is 2.19. The van der Waals surface area contributed by atoms with Crippen molar-refractivity contribution in [1.29, 1.82) is 0 Å². The second-order valence-electron chi connectivity index (χ2n) is 4.19. The maximum atomic E-state index is 11.4. The standard InChI is InChI=1S/C11H22N2O2.ClH/c1-9(8-10-4-3-7-15-10)13-11(14)5-6-12-2;/h9-10,12H,3-8H2,1-2H3,(H,13,14);1H. The monoisotopic (exact) mass is 250 g/mol. The molecule has 0 aliphatic carbocycles. The maximum absolute atomic E-state index is 11.4. The van der Waals surface area contributed by atoms with Gasteiger partial charge in [0, 0.05) is 25.6 Å². The van der Waals surface area contributed by atoms with E-state index in [9.17, 15) is 4.79 Å². The smallest absolute Gasteiger partial charge is 0.221 e. The molecular weight excluding hydrogens is 228 g/mol. The Labute approximate surface area is 104 Å². The van der Waals surface area contributed by atoms with E-state index in [4.69, 9.17) is 4.74 Å². The van der Waals surface area contributed by atoms with Crippen LogP contribution in [-0.2, 0) is 9.53 Å². The van der Waals surface area contributed by atoms with E-state index in [1.54, 1.807) is 0 Å². The van der Waals surface area contributed by atoms with Crippen molar-refractivity contribution in [3.63, 3.8) is 0 Å². The SMILES string of the molecule is CNCCC(=O)NC(C)CC1CCCO1.Cl. The molecular formula is C11H23ClN2O2. The number of halogens is 1. The van der Waals surface area contributed by atoms with Gasteiger partial charge < -0.3 is 15.4 Å². The number of rotatable bonds is 6. The van der Waals surface area contributed by atoms with Crippen LogP contribution in [-0.4, -0.2) is 38.3 Å². The summed E-state index contributed by atoms with van der Waals surface area (Å²) in [5.74, 6) is 0.120. The van der Waals surface area contributed by atoms with Gasteiger partial charge in [-0.2, -0.15) is 0 Å². The lowest BCUT2D eigenvalue weighted by atomic mass is 10.1. The Bertz CT molecular complexity index is 196. The van der Waals surface area contributed by atoms with Crippen molar-refractivity contribution in [3.8, 4) is 0 Å². The Hall–Kier alpha value is -0.320. The fraction of sp³-hybridized carbons (Fsp3) is 0.909. The molecule has 2 N–H and O–H groups in total. The Kier molecular flexibility index (Phi) is 8.61. The van der Waals surface area contributed by atoms with Crippen molar-refractivity contribution in [2.75, 3.05) is 20.2 Å². The molecule has 0 radical (unpaired) electrons. The summed E-state index contributed by atoms with van der Waals surface area (Å²) in [7, 11) is 1.85. The minimum Gasteiger partial charge on any atom is -0.378 e. The first-order valence-electron chi connectivity index (χ1n) is 5.78. The lowest BCUT2D eigenvalue weighted by Gasteiger charge is -2.17. The quantitative estimate of drug-likeness (QED) is 0.742. The van der Waals surface area contributed by atoms with E-state index in [0.717, 1.165) is 32.4 Å². The van der Waals surface area contributed by atoms with Gasteiger partial charge >= 0.3 is 0 Å². The van der Waals surface area contributed by atoms with Crippen LogP contribution in [0.25, 0.3) is 0 Å². The van der Waals surface area contributed by atoms with Crippen molar-refractivity contribution in [1.82, 2.24) is 10.6 Å². The molecule has 1 aliphatic heterocycles. The van der Waals surface area contributed by atoms with Crippen LogP contribution >= 0.6 is 12.4 Å². The summed E-state index contributed by atoms with van der Waals surface area (Å²) in [6, 6.07) is 0.220. The molecule has 2 atom stereocenters. The van der Waals surface area contributed by atoms with Gasteiger partial charge in [0.25, 0.3) is 0 Å². The van der Waals surface area contributed by atoms with E-state index in [0.29, 0.717) is 12.5 Å². The summed E-state index contributed by atoms with van der Waals surface area (Å²) in [6.07, 6.45) is 4.13. The molecule has 1 aliphatic rings. The molecule has 5 heteroatoms. The first-order valence-corrected chi connectivity index (χ1v) is 5.78. The van der Waals surface area contributed by atoms with Crippen molar-refractivity contribution < 1.29 is 9.53 Å². The highest BCUT2D eigenvalue weighted by Crippen LogP contribution is 2.16. The van der Waals surface area contributed by atoms with Crippen molar-refractivity contribution in [2.24, 2.45) is 0 Å². The summed E-state index contributed by atoms with van der Waals surface area (Å²) < 4.78 is 5.52. The van der Waals surface area contributed by atoms with Gasteiger partial charge in [-0.1, -0.05) is 0 Å². The second kappa shape index (κ2) is 8.79. The predicted octanol–water partition coefficient (Wildman–Crippen LogP) is 1.09. The van der Waals surface area contributed by atoms with Crippen LogP contribution in [0, 0.1) is 0 Å². The normalized spacial score (nSPS) is 21.2. The number of hydrogen-bond donors (Lipinski definition) is 2. The van der Waals surface area contributed by atoms with Gasteiger partial charge in [-0.15, -0.1) is 12.4 Å². The summed E-state index contributed by atoms with van der Waals surface area (Å²) in [4.78, 5) is 11.4. The number of hydrogen-bond acceptors (Lipinski definition) is 3. The van der Waals surface area contributed by atoms with Gasteiger partial charge in [0.15, 0.2) is 0 Å². The summed E-state index contributed by atoms with van der Waals surface area (Å²) in [5, 5.41) is 5.94. The zero-order chi connectivity index (χ0) is 11.1. The molecule has 0 spiro atoms. The number of nitrogens with one attached hydrogen (secondary N) is 2. The van der Waals surface area contributed by atoms with Crippen LogP contribution in [0.5, 0.6) is 0 Å². The summed E-state index contributed by atoms with van der Waals surface area (Å²) >= 11 is 0. The van der Waals surface area contributed by atoms with Crippen LogP contribution in [0.2, 0.25) is 0 Å². The van der Waals surface area contributed by atoms with E-state index in [1.807, 2.05) is 14.0 Å². The average Bonchev–Trinajstić information content (AvgIpc) is 2.67. The zero-order valence-corrected chi connectivity index (χ0v) is 10.9. The molecule has 1 amide bonds. The molecule has 0 bridgehead atoms. The van der Waals surface area contributed by atoms with E-state index in [2.05, 4.69) is 10.6 Å². The van der Waals surface area contributed by atoms with E-state index in [1.165, 1.54) is 0 Å². The first kappa shape index (κ1) is 15.7. The summed E-state index contributed by atoms with van der Waals surface area (Å²) in [5.41, 5.74) is 0. The molecule has 0 aromatic rings. The molecule has 4 nitrogen and oxygen atoms in total. The van der Waals surface area contributed by atoms with E-state index < -0.39 is 0 Å². The highest BCUT2D eigenvalue weighted by atomic mass is 35.5.